The van der Waals surface area contributed by atoms with Crippen LogP contribution in [-0.2, 0) is 10.1 Å². The fourth-order valence-electron chi connectivity index (χ4n) is 2.73. The summed E-state index contributed by atoms with van der Waals surface area (Å²) in [6.45, 7) is 5.11. The quantitative estimate of drug-likeness (QED) is 0.293. The van der Waals surface area contributed by atoms with Gasteiger partial charge in [0, 0.05) is 0 Å². The van der Waals surface area contributed by atoms with Crippen LogP contribution in [0.2, 0.25) is 0 Å². The maximum Gasteiger partial charge on any atom is 0.270 e. The minimum absolute atomic E-state index is 0.0754. The van der Waals surface area contributed by atoms with E-state index >= 15 is 0 Å². The zero-order valence-electron chi connectivity index (χ0n) is 15.2. The summed E-state index contributed by atoms with van der Waals surface area (Å²) in [5.74, 6) is -0.155. The van der Waals surface area contributed by atoms with E-state index in [1.165, 1.54) is 57.8 Å². The predicted octanol–water partition coefficient (Wildman–Crippen LogP) is 4.26. The Morgan fingerprint density at radius 3 is 1.68 bits per heavy atom. The number of rotatable bonds is 14. The molecule has 134 valence electrons. The van der Waals surface area contributed by atoms with Crippen molar-refractivity contribution in [3.63, 3.8) is 0 Å². The van der Waals surface area contributed by atoms with Crippen molar-refractivity contribution in [2.24, 2.45) is 0 Å². The molecule has 0 aliphatic carbocycles. The summed E-state index contributed by atoms with van der Waals surface area (Å²) in [4.78, 5) is 0. The molecule has 0 aromatic carbocycles. The van der Waals surface area contributed by atoms with E-state index in [1.54, 1.807) is 0 Å². The molecule has 0 aliphatic rings. The first-order valence-corrected chi connectivity index (χ1v) is 10.6. The Morgan fingerprint density at radius 2 is 1.27 bits per heavy atom. The summed E-state index contributed by atoms with van der Waals surface area (Å²) in [7, 11) is 0.216. The van der Waals surface area contributed by atoms with Gasteiger partial charge in [-0.15, -0.1) is 0 Å². The molecule has 0 aliphatic heterocycles. The second-order valence-electron chi connectivity index (χ2n) is 7.28. The molecule has 0 heterocycles. The van der Waals surface area contributed by atoms with E-state index in [1.807, 2.05) is 21.0 Å². The standard InChI is InChI=1S/C17H37NO3S/c1-5-6-7-8-9-10-11-12-13-14-15-18(3,4)17(2)16-22(19,20)21/h17H,5-16H2,1-4H3/p+1. The van der Waals surface area contributed by atoms with Gasteiger partial charge in [0.25, 0.3) is 10.1 Å². The van der Waals surface area contributed by atoms with Crippen LogP contribution in [0.4, 0.5) is 0 Å². The molecule has 0 aromatic rings. The molecule has 0 amide bonds. The first kappa shape index (κ1) is 21.9. The summed E-state index contributed by atoms with van der Waals surface area (Å²) < 4.78 is 31.6. The van der Waals surface area contributed by atoms with E-state index in [9.17, 15) is 8.42 Å². The minimum Gasteiger partial charge on any atom is -0.325 e. The Balaban J connectivity index is 3.64. The van der Waals surface area contributed by atoms with Gasteiger partial charge in [-0.3, -0.25) is 4.55 Å². The molecule has 1 unspecified atom stereocenters. The molecule has 0 saturated carbocycles. The highest BCUT2D eigenvalue weighted by Gasteiger charge is 2.27. The van der Waals surface area contributed by atoms with Gasteiger partial charge in [-0.1, -0.05) is 58.3 Å². The largest absolute Gasteiger partial charge is 0.325 e. The Labute approximate surface area is 138 Å². The van der Waals surface area contributed by atoms with Crippen LogP contribution in [0.1, 0.15) is 78.1 Å². The molecule has 0 saturated heterocycles. The molecule has 0 spiro atoms. The highest BCUT2D eigenvalue weighted by atomic mass is 32.2. The number of hydrogen-bond acceptors (Lipinski definition) is 2. The van der Waals surface area contributed by atoms with Gasteiger partial charge in [0.2, 0.25) is 0 Å². The van der Waals surface area contributed by atoms with Crippen LogP contribution in [0.25, 0.3) is 0 Å². The van der Waals surface area contributed by atoms with Gasteiger partial charge in [-0.2, -0.15) is 8.42 Å². The third kappa shape index (κ3) is 12.4. The molecule has 5 heteroatoms. The maximum absolute atomic E-state index is 11.0. The van der Waals surface area contributed by atoms with Crippen molar-refractivity contribution in [2.45, 2.75) is 84.1 Å². The van der Waals surface area contributed by atoms with E-state index in [4.69, 9.17) is 4.55 Å². The molecule has 0 bridgehead atoms. The molecule has 0 aromatic heterocycles. The zero-order valence-corrected chi connectivity index (χ0v) is 16.0. The van der Waals surface area contributed by atoms with Crippen LogP contribution >= 0.6 is 0 Å². The number of quaternary nitrogens is 1. The van der Waals surface area contributed by atoms with Crippen LogP contribution in [0.5, 0.6) is 0 Å². The normalized spacial score (nSPS) is 14.2. The second kappa shape index (κ2) is 11.4. The molecular formula is C17H38NO3S+. The Hall–Kier alpha value is -0.130. The Bertz CT molecular complexity index is 366. The van der Waals surface area contributed by atoms with Crippen LogP contribution in [0, 0.1) is 0 Å². The summed E-state index contributed by atoms with van der Waals surface area (Å²) in [5, 5.41) is 0. The summed E-state index contributed by atoms with van der Waals surface area (Å²) in [6, 6.07) is -0.0754. The number of nitrogens with zero attached hydrogens (tertiary/aromatic N) is 1. The Kier molecular flexibility index (Phi) is 11.3. The average molecular weight is 337 g/mol. The minimum atomic E-state index is -3.87. The number of unbranched alkanes of at least 4 members (excludes halogenated alkanes) is 9. The summed E-state index contributed by atoms with van der Waals surface area (Å²) >= 11 is 0. The highest BCUT2D eigenvalue weighted by molar-refractivity contribution is 7.85. The van der Waals surface area contributed by atoms with Gasteiger partial charge >= 0.3 is 0 Å². The van der Waals surface area contributed by atoms with Gasteiger partial charge in [0.15, 0.2) is 0 Å². The Morgan fingerprint density at radius 1 is 0.864 bits per heavy atom. The van der Waals surface area contributed by atoms with E-state index in [0.29, 0.717) is 4.48 Å². The van der Waals surface area contributed by atoms with Crippen molar-refractivity contribution < 1.29 is 17.5 Å². The van der Waals surface area contributed by atoms with Crippen LogP contribution in [-0.4, -0.2) is 49.9 Å². The van der Waals surface area contributed by atoms with E-state index in [2.05, 4.69) is 6.92 Å². The van der Waals surface area contributed by atoms with Crippen molar-refractivity contribution in [3.8, 4) is 0 Å². The zero-order chi connectivity index (χ0) is 17.1. The van der Waals surface area contributed by atoms with Gasteiger partial charge in [0.1, 0.15) is 11.8 Å². The molecular weight excluding hydrogens is 298 g/mol. The van der Waals surface area contributed by atoms with Crippen LogP contribution < -0.4 is 0 Å². The lowest BCUT2D eigenvalue weighted by Gasteiger charge is -2.35. The van der Waals surface area contributed by atoms with Gasteiger partial charge < -0.3 is 4.48 Å². The molecule has 0 rings (SSSR count). The molecule has 0 radical (unpaired) electrons. The lowest BCUT2D eigenvalue weighted by molar-refractivity contribution is -0.910. The predicted molar refractivity (Wildman–Crippen MR) is 94.7 cm³/mol. The average Bonchev–Trinajstić information content (AvgIpc) is 2.39. The van der Waals surface area contributed by atoms with Crippen molar-refractivity contribution in [1.82, 2.24) is 0 Å². The van der Waals surface area contributed by atoms with Gasteiger partial charge in [-0.25, -0.2) is 0 Å². The molecule has 22 heavy (non-hydrogen) atoms. The monoisotopic (exact) mass is 336 g/mol. The SMILES string of the molecule is CCCCCCCCCCCC[N+](C)(C)C(C)CS(=O)(=O)O. The maximum atomic E-state index is 11.0. The summed E-state index contributed by atoms with van der Waals surface area (Å²) in [5.41, 5.74) is 0. The molecule has 0 fully saturated rings. The third-order valence-electron chi connectivity index (χ3n) is 4.73. The van der Waals surface area contributed by atoms with Crippen LogP contribution in [0.3, 0.4) is 0 Å². The van der Waals surface area contributed by atoms with Crippen molar-refractivity contribution in [2.75, 3.05) is 26.4 Å². The smallest absolute Gasteiger partial charge is 0.270 e. The molecule has 1 N–H and O–H groups in total. The lowest BCUT2D eigenvalue weighted by Crippen LogP contribution is -2.50. The number of hydrogen-bond donors (Lipinski definition) is 1. The van der Waals surface area contributed by atoms with Crippen molar-refractivity contribution in [1.29, 1.82) is 0 Å². The first-order chi connectivity index (χ1) is 10.2. The molecule has 4 nitrogen and oxygen atoms in total. The second-order valence-corrected chi connectivity index (χ2v) is 8.78. The van der Waals surface area contributed by atoms with E-state index < -0.39 is 10.1 Å². The fraction of sp³-hybridized carbons (Fsp3) is 1.00. The molecule has 1 atom stereocenters. The topological polar surface area (TPSA) is 54.4 Å². The highest BCUT2D eigenvalue weighted by Crippen LogP contribution is 2.14. The van der Waals surface area contributed by atoms with E-state index in [-0.39, 0.29) is 11.8 Å². The summed E-state index contributed by atoms with van der Waals surface area (Å²) in [6.07, 6.45) is 13.1. The lowest BCUT2D eigenvalue weighted by atomic mass is 10.1. The van der Waals surface area contributed by atoms with Crippen molar-refractivity contribution in [3.05, 3.63) is 0 Å². The third-order valence-corrected chi connectivity index (χ3v) is 5.64. The van der Waals surface area contributed by atoms with Gasteiger partial charge in [-0.05, 0) is 19.8 Å². The van der Waals surface area contributed by atoms with Gasteiger partial charge in [0.05, 0.1) is 20.6 Å². The van der Waals surface area contributed by atoms with E-state index in [0.717, 1.165) is 13.0 Å². The van der Waals surface area contributed by atoms with Crippen molar-refractivity contribution >= 4 is 10.1 Å². The first-order valence-electron chi connectivity index (χ1n) is 8.97. The fourth-order valence-corrected chi connectivity index (χ4v) is 3.75. The van der Waals surface area contributed by atoms with Crippen LogP contribution in [0.15, 0.2) is 0 Å².